The number of rotatable bonds is 7. The molecule has 7 heteroatoms. The molecule has 2 rings (SSSR count). The minimum absolute atomic E-state index is 0.141. The molecule has 23 heavy (non-hydrogen) atoms. The van der Waals surface area contributed by atoms with Crippen LogP contribution in [-0.2, 0) is 9.53 Å². The lowest BCUT2D eigenvalue weighted by molar-refractivity contribution is -0.143. The molecule has 2 unspecified atom stereocenters. The van der Waals surface area contributed by atoms with Gasteiger partial charge in [0.2, 0.25) is 0 Å². The summed E-state index contributed by atoms with van der Waals surface area (Å²) in [5.74, 6) is 0.682. The summed E-state index contributed by atoms with van der Waals surface area (Å²) in [6.07, 6.45) is 0.401. The molecular formula is C16H23NO5S. The Morgan fingerprint density at radius 1 is 1.39 bits per heavy atom. The normalized spacial score (nSPS) is 25.1. The molecule has 0 amide bonds. The van der Waals surface area contributed by atoms with Crippen molar-refractivity contribution in [2.45, 2.75) is 35.8 Å². The Labute approximate surface area is 140 Å². The Hall–Kier alpha value is -1.44. The number of carboxylic acids is 1. The van der Waals surface area contributed by atoms with E-state index in [0.29, 0.717) is 0 Å². The molecule has 1 aliphatic heterocycles. The van der Waals surface area contributed by atoms with Crippen molar-refractivity contribution in [3.05, 3.63) is 18.2 Å². The summed E-state index contributed by atoms with van der Waals surface area (Å²) in [4.78, 5) is 12.2. The molecule has 0 aromatic heterocycles. The first kappa shape index (κ1) is 17.9. The number of aliphatic carboxylic acids is 1. The van der Waals surface area contributed by atoms with Gasteiger partial charge in [-0.25, -0.2) is 0 Å². The predicted octanol–water partition coefficient (Wildman–Crippen LogP) is 2.22. The van der Waals surface area contributed by atoms with Crippen LogP contribution in [0.15, 0.2) is 23.1 Å². The van der Waals surface area contributed by atoms with Gasteiger partial charge < -0.3 is 24.6 Å². The smallest absolute Gasteiger partial charge is 0.323 e. The van der Waals surface area contributed by atoms with Crippen molar-refractivity contribution >= 4 is 17.7 Å². The lowest BCUT2D eigenvalue weighted by Crippen LogP contribution is -2.46. The summed E-state index contributed by atoms with van der Waals surface area (Å²) in [5.41, 5.74) is -0.143. The fourth-order valence-electron chi connectivity index (χ4n) is 2.78. The van der Waals surface area contributed by atoms with E-state index in [-0.39, 0.29) is 17.5 Å². The van der Waals surface area contributed by atoms with Crippen LogP contribution in [0.4, 0.5) is 0 Å². The molecule has 0 aliphatic carbocycles. The molecule has 1 heterocycles. The highest BCUT2D eigenvalue weighted by Crippen LogP contribution is 2.45. The number of ether oxygens (including phenoxy) is 3. The standard InChI is InChI=1S/C16H23NO5S/c1-9-8-12(22-14(9)13(17-2)16(18)19)23-15-10(20-3)6-5-7-11(15)21-4/h5-7,9,12-14,17H,8H2,1-4H3,(H,18,19)/t9-,12?,13?,14-/m1/s1. The molecule has 4 atom stereocenters. The Kier molecular flexibility index (Phi) is 6.15. The fourth-order valence-corrected chi connectivity index (χ4v) is 4.16. The molecule has 0 radical (unpaired) electrons. The summed E-state index contributed by atoms with van der Waals surface area (Å²) in [7, 11) is 4.86. The lowest BCUT2D eigenvalue weighted by Gasteiger charge is -2.22. The van der Waals surface area contributed by atoms with Gasteiger partial charge in [-0.15, -0.1) is 0 Å². The maximum Gasteiger partial charge on any atom is 0.323 e. The molecule has 1 saturated heterocycles. The average Bonchev–Trinajstić information content (AvgIpc) is 2.88. The van der Waals surface area contributed by atoms with E-state index >= 15 is 0 Å². The predicted molar refractivity (Wildman–Crippen MR) is 88.3 cm³/mol. The largest absolute Gasteiger partial charge is 0.495 e. The van der Waals surface area contributed by atoms with Crippen LogP contribution in [0.25, 0.3) is 0 Å². The number of carbonyl (C=O) groups is 1. The third-order valence-electron chi connectivity index (χ3n) is 3.97. The maximum absolute atomic E-state index is 11.3. The highest BCUT2D eigenvalue weighted by Gasteiger charge is 2.41. The molecule has 0 saturated carbocycles. The van der Waals surface area contributed by atoms with Gasteiger partial charge in [0, 0.05) is 0 Å². The van der Waals surface area contributed by atoms with Gasteiger partial charge in [-0.2, -0.15) is 0 Å². The second kappa shape index (κ2) is 7.90. The van der Waals surface area contributed by atoms with E-state index in [4.69, 9.17) is 14.2 Å². The number of benzene rings is 1. The number of hydrogen-bond donors (Lipinski definition) is 2. The fraction of sp³-hybridized carbons (Fsp3) is 0.562. The van der Waals surface area contributed by atoms with Crippen LogP contribution in [0.5, 0.6) is 11.5 Å². The van der Waals surface area contributed by atoms with Gasteiger partial charge in [-0.1, -0.05) is 24.8 Å². The Balaban J connectivity index is 2.15. The van der Waals surface area contributed by atoms with Crippen molar-refractivity contribution in [2.75, 3.05) is 21.3 Å². The maximum atomic E-state index is 11.3. The van der Waals surface area contributed by atoms with E-state index < -0.39 is 12.0 Å². The lowest BCUT2D eigenvalue weighted by atomic mass is 9.98. The summed E-state index contributed by atoms with van der Waals surface area (Å²) >= 11 is 1.51. The van der Waals surface area contributed by atoms with E-state index in [0.717, 1.165) is 22.8 Å². The molecule has 0 bridgehead atoms. The van der Waals surface area contributed by atoms with Crippen LogP contribution < -0.4 is 14.8 Å². The number of methoxy groups -OCH3 is 2. The minimum atomic E-state index is -0.898. The summed E-state index contributed by atoms with van der Waals surface area (Å²) < 4.78 is 16.8. The van der Waals surface area contributed by atoms with Crippen LogP contribution in [-0.4, -0.2) is 49.9 Å². The molecule has 128 valence electrons. The molecule has 2 N–H and O–H groups in total. The van der Waals surface area contributed by atoms with E-state index in [1.807, 2.05) is 25.1 Å². The molecule has 1 aliphatic rings. The van der Waals surface area contributed by atoms with Crippen molar-refractivity contribution in [3.63, 3.8) is 0 Å². The van der Waals surface area contributed by atoms with E-state index in [2.05, 4.69) is 5.32 Å². The second-order valence-corrected chi connectivity index (χ2v) is 6.63. The highest BCUT2D eigenvalue weighted by atomic mass is 32.2. The molecule has 1 fully saturated rings. The van der Waals surface area contributed by atoms with E-state index in [1.54, 1.807) is 21.3 Å². The van der Waals surface area contributed by atoms with Gasteiger partial charge in [0.05, 0.1) is 25.2 Å². The van der Waals surface area contributed by atoms with E-state index in [1.165, 1.54) is 11.8 Å². The third-order valence-corrected chi connectivity index (χ3v) is 5.18. The van der Waals surface area contributed by atoms with Crippen molar-refractivity contribution in [1.82, 2.24) is 5.32 Å². The van der Waals surface area contributed by atoms with Crippen molar-refractivity contribution in [3.8, 4) is 11.5 Å². The van der Waals surface area contributed by atoms with Gasteiger partial charge in [-0.05, 0) is 31.5 Å². The van der Waals surface area contributed by atoms with Crippen LogP contribution in [0, 0.1) is 5.92 Å². The minimum Gasteiger partial charge on any atom is -0.495 e. The highest BCUT2D eigenvalue weighted by molar-refractivity contribution is 8.00. The second-order valence-electron chi connectivity index (χ2n) is 5.46. The summed E-state index contributed by atoms with van der Waals surface area (Å²) in [5, 5.41) is 12.1. The van der Waals surface area contributed by atoms with E-state index in [9.17, 15) is 9.90 Å². The Morgan fingerprint density at radius 3 is 2.48 bits per heavy atom. The zero-order valence-electron chi connectivity index (χ0n) is 13.7. The van der Waals surface area contributed by atoms with Gasteiger partial charge in [0.15, 0.2) is 0 Å². The van der Waals surface area contributed by atoms with Gasteiger partial charge in [-0.3, -0.25) is 4.79 Å². The van der Waals surface area contributed by atoms with Crippen LogP contribution >= 0.6 is 11.8 Å². The number of thioether (sulfide) groups is 1. The number of hydrogen-bond acceptors (Lipinski definition) is 6. The Bertz CT molecular complexity index is 531. The summed E-state index contributed by atoms with van der Waals surface area (Å²) in [6, 6.07) is 4.89. The van der Waals surface area contributed by atoms with Crippen molar-refractivity contribution in [2.24, 2.45) is 5.92 Å². The van der Waals surface area contributed by atoms with Gasteiger partial charge in [0.1, 0.15) is 23.0 Å². The summed E-state index contributed by atoms with van der Waals surface area (Å²) in [6.45, 7) is 2.01. The number of likely N-dealkylation sites (N-methyl/N-ethyl adjacent to an activating group) is 1. The monoisotopic (exact) mass is 341 g/mol. The van der Waals surface area contributed by atoms with Crippen LogP contribution in [0.1, 0.15) is 13.3 Å². The quantitative estimate of drug-likeness (QED) is 0.787. The Morgan fingerprint density at radius 2 is 2.00 bits per heavy atom. The first-order valence-electron chi connectivity index (χ1n) is 7.45. The van der Waals surface area contributed by atoms with Crippen LogP contribution in [0.2, 0.25) is 0 Å². The van der Waals surface area contributed by atoms with Gasteiger partial charge in [0.25, 0.3) is 0 Å². The first-order chi connectivity index (χ1) is 11.0. The SMILES string of the molecule is CNC(C(=O)O)[C@@H]1OC(Sc2c(OC)cccc2OC)C[C@H]1C. The molecule has 0 spiro atoms. The topological polar surface area (TPSA) is 77.0 Å². The van der Waals surface area contributed by atoms with Crippen molar-refractivity contribution in [1.29, 1.82) is 0 Å². The number of carboxylic acid groups (broad SMARTS) is 1. The molecule has 6 nitrogen and oxygen atoms in total. The average molecular weight is 341 g/mol. The first-order valence-corrected chi connectivity index (χ1v) is 8.33. The third kappa shape index (κ3) is 3.91. The van der Waals surface area contributed by atoms with Crippen LogP contribution in [0.3, 0.4) is 0 Å². The zero-order valence-corrected chi connectivity index (χ0v) is 14.6. The molecule has 1 aromatic carbocycles. The molecule has 1 aromatic rings. The zero-order chi connectivity index (χ0) is 17.0. The number of nitrogens with one attached hydrogen (secondary N) is 1. The van der Waals surface area contributed by atoms with Gasteiger partial charge >= 0.3 is 5.97 Å². The van der Waals surface area contributed by atoms with Crippen molar-refractivity contribution < 1.29 is 24.1 Å². The molecular weight excluding hydrogens is 318 g/mol.